The molecule has 0 bridgehead atoms. The van der Waals surface area contributed by atoms with E-state index in [0.717, 1.165) is 19.4 Å². The number of unbranched alkanes of at least 4 members (excludes halogenated alkanes) is 1. The molecule has 8 nitrogen and oxygen atoms in total. The Morgan fingerprint density at radius 1 is 1.11 bits per heavy atom. The van der Waals surface area contributed by atoms with Crippen LogP contribution < -0.4 is 19.5 Å². The predicted molar refractivity (Wildman–Crippen MR) is 101 cm³/mol. The van der Waals surface area contributed by atoms with E-state index in [1.165, 1.54) is 20.5 Å². The molecule has 0 radical (unpaired) electrons. The third kappa shape index (κ3) is 6.02. The zero-order chi connectivity index (χ0) is 19.5. The van der Waals surface area contributed by atoms with Crippen molar-refractivity contribution in [3.8, 4) is 17.2 Å². The standard InChI is InChI=1S/C19H25N3O5/c1-4-5-8-21-18-17(12-20-13-22-18)27-10-9-26-15-7-6-14(19(23)25-3)11-16(15)24-2/h6-7,11-13H,4-5,8-10H2,1-3H3,(H,20,21,22). The third-order valence-electron chi connectivity index (χ3n) is 3.68. The lowest BCUT2D eigenvalue weighted by molar-refractivity contribution is 0.0600. The van der Waals surface area contributed by atoms with Crippen molar-refractivity contribution in [2.24, 2.45) is 0 Å². The van der Waals surface area contributed by atoms with Crippen molar-refractivity contribution < 1.29 is 23.7 Å². The summed E-state index contributed by atoms with van der Waals surface area (Å²) in [6.45, 7) is 3.54. The quantitative estimate of drug-likeness (QED) is 0.473. The van der Waals surface area contributed by atoms with Crippen LogP contribution in [0.15, 0.2) is 30.7 Å². The number of nitrogens with zero attached hydrogens (tertiary/aromatic N) is 2. The fourth-order valence-corrected chi connectivity index (χ4v) is 2.27. The lowest BCUT2D eigenvalue weighted by Gasteiger charge is -2.13. The number of hydrogen-bond donors (Lipinski definition) is 1. The van der Waals surface area contributed by atoms with Crippen LogP contribution in [0.25, 0.3) is 0 Å². The molecule has 0 aliphatic carbocycles. The van der Waals surface area contributed by atoms with E-state index < -0.39 is 5.97 Å². The molecule has 0 saturated heterocycles. The van der Waals surface area contributed by atoms with Gasteiger partial charge in [0.2, 0.25) is 0 Å². The molecule has 0 amide bonds. The summed E-state index contributed by atoms with van der Waals surface area (Å²) in [5.74, 6) is 1.77. The van der Waals surface area contributed by atoms with E-state index in [1.54, 1.807) is 24.4 Å². The van der Waals surface area contributed by atoms with Gasteiger partial charge in [-0.2, -0.15) is 0 Å². The lowest BCUT2D eigenvalue weighted by Crippen LogP contribution is -2.12. The van der Waals surface area contributed by atoms with E-state index in [0.29, 0.717) is 35.2 Å². The fraction of sp³-hybridized carbons (Fsp3) is 0.421. The average Bonchev–Trinajstić information content (AvgIpc) is 2.71. The summed E-state index contributed by atoms with van der Waals surface area (Å²) < 4.78 is 21.4. The molecule has 0 spiro atoms. The van der Waals surface area contributed by atoms with E-state index in [2.05, 4.69) is 22.2 Å². The van der Waals surface area contributed by atoms with E-state index in [1.807, 2.05) is 0 Å². The van der Waals surface area contributed by atoms with Crippen molar-refractivity contribution in [3.63, 3.8) is 0 Å². The highest BCUT2D eigenvalue weighted by molar-refractivity contribution is 5.90. The highest BCUT2D eigenvalue weighted by Crippen LogP contribution is 2.28. The van der Waals surface area contributed by atoms with Crippen LogP contribution in [0.2, 0.25) is 0 Å². The van der Waals surface area contributed by atoms with E-state index >= 15 is 0 Å². The van der Waals surface area contributed by atoms with E-state index in [9.17, 15) is 4.79 Å². The SMILES string of the molecule is CCCCNc1ncncc1OCCOc1ccc(C(=O)OC)cc1OC. The molecule has 0 unspecified atom stereocenters. The molecule has 27 heavy (non-hydrogen) atoms. The van der Waals surface area contributed by atoms with Crippen LogP contribution in [0.3, 0.4) is 0 Å². The Kier molecular flexibility index (Phi) is 8.15. The van der Waals surface area contributed by atoms with Gasteiger partial charge >= 0.3 is 5.97 Å². The molecule has 0 saturated carbocycles. The van der Waals surface area contributed by atoms with Crippen LogP contribution in [0.5, 0.6) is 17.2 Å². The second-order valence-electron chi connectivity index (χ2n) is 5.57. The Morgan fingerprint density at radius 3 is 2.59 bits per heavy atom. The van der Waals surface area contributed by atoms with Gasteiger partial charge in [0.05, 0.1) is 26.0 Å². The maximum atomic E-state index is 11.6. The summed E-state index contributed by atoms with van der Waals surface area (Å²) in [4.78, 5) is 19.8. The number of anilines is 1. The van der Waals surface area contributed by atoms with Crippen molar-refractivity contribution in [1.82, 2.24) is 9.97 Å². The number of ether oxygens (including phenoxy) is 4. The number of benzene rings is 1. The first kappa shape index (κ1) is 20.3. The molecule has 2 aromatic rings. The zero-order valence-corrected chi connectivity index (χ0v) is 15.9. The van der Waals surface area contributed by atoms with E-state index in [-0.39, 0.29) is 6.61 Å². The number of esters is 1. The molecule has 0 atom stereocenters. The number of nitrogens with one attached hydrogen (secondary N) is 1. The fourth-order valence-electron chi connectivity index (χ4n) is 2.27. The Hall–Kier alpha value is -3.03. The highest BCUT2D eigenvalue weighted by atomic mass is 16.5. The largest absolute Gasteiger partial charge is 0.493 e. The number of carbonyl (C=O) groups is 1. The van der Waals surface area contributed by atoms with E-state index in [4.69, 9.17) is 18.9 Å². The normalized spacial score (nSPS) is 10.2. The number of rotatable bonds is 11. The van der Waals surface area contributed by atoms with Gasteiger partial charge in [0, 0.05) is 6.54 Å². The summed E-state index contributed by atoms with van der Waals surface area (Å²) in [6.07, 6.45) is 5.24. The molecule has 1 aromatic heterocycles. The van der Waals surface area contributed by atoms with Gasteiger partial charge in [-0.15, -0.1) is 0 Å². The predicted octanol–water partition coefficient (Wildman–Crippen LogP) is 2.94. The van der Waals surface area contributed by atoms with Gasteiger partial charge in [-0.25, -0.2) is 14.8 Å². The average molecular weight is 375 g/mol. The van der Waals surface area contributed by atoms with Crippen molar-refractivity contribution >= 4 is 11.8 Å². The minimum Gasteiger partial charge on any atom is -0.493 e. The van der Waals surface area contributed by atoms with Crippen LogP contribution in [0.4, 0.5) is 5.82 Å². The van der Waals surface area contributed by atoms with Gasteiger partial charge in [-0.3, -0.25) is 0 Å². The van der Waals surface area contributed by atoms with Gasteiger partial charge in [0.1, 0.15) is 19.5 Å². The topological polar surface area (TPSA) is 91.8 Å². The minimum atomic E-state index is -0.435. The van der Waals surface area contributed by atoms with Gasteiger partial charge in [-0.05, 0) is 24.6 Å². The Labute approximate surface area is 158 Å². The molecular formula is C19H25N3O5. The minimum absolute atomic E-state index is 0.289. The first-order valence-electron chi connectivity index (χ1n) is 8.75. The first-order chi connectivity index (χ1) is 13.2. The van der Waals surface area contributed by atoms with Crippen molar-refractivity contribution in [2.75, 3.05) is 39.3 Å². The second-order valence-corrected chi connectivity index (χ2v) is 5.57. The van der Waals surface area contributed by atoms with Gasteiger partial charge in [0.15, 0.2) is 23.1 Å². The van der Waals surface area contributed by atoms with Crippen LogP contribution in [-0.4, -0.2) is 49.9 Å². The molecule has 1 heterocycles. The number of aromatic nitrogens is 2. The number of methoxy groups -OCH3 is 2. The van der Waals surface area contributed by atoms with Gasteiger partial charge in [-0.1, -0.05) is 13.3 Å². The van der Waals surface area contributed by atoms with Crippen LogP contribution in [0, 0.1) is 0 Å². The molecule has 8 heteroatoms. The molecule has 0 aliphatic rings. The van der Waals surface area contributed by atoms with Crippen LogP contribution >= 0.6 is 0 Å². The Balaban J connectivity index is 1.89. The molecule has 146 valence electrons. The summed E-state index contributed by atoms with van der Waals surface area (Å²) >= 11 is 0. The highest BCUT2D eigenvalue weighted by Gasteiger charge is 2.11. The summed E-state index contributed by atoms with van der Waals surface area (Å²) in [5.41, 5.74) is 0.391. The van der Waals surface area contributed by atoms with Crippen molar-refractivity contribution in [2.45, 2.75) is 19.8 Å². The molecule has 1 aromatic carbocycles. The molecular weight excluding hydrogens is 350 g/mol. The summed E-state index contributed by atoms with van der Waals surface area (Å²) in [5, 5.41) is 3.23. The van der Waals surface area contributed by atoms with Crippen molar-refractivity contribution in [3.05, 3.63) is 36.3 Å². The van der Waals surface area contributed by atoms with Crippen LogP contribution in [-0.2, 0) is 4.74 Å². The molecule has 0 fully saturated rings. The van der Waals surface area contributed by atoms with Crippen molar-refractivity contribution in [1.29, 1.82) is 0 Å². The number of hydrogen-bond acceptors (Lipinski definition) is 8. The molecule has 2 rings (SSSR count). The zero-order valence-electron chi connectivity index (χ0n) is 15.9. The number of carbonyl (C=O) groups excluding carboxylic acids is 1. The van der Waals surface area contributed by atoms with Gasteiger partial charge < -0.3 is 24.3 Å². The third-order valence-corrected chi connectivity index (χ3v) is 3.68. The summed E-state index contributed by atoms with van der Waals surface area (Å²) in [6, 6.07) is 4.85. The Bertz CT molecular complexity index is 739. The Morgan fingerprint density at radius 2 is 1.89 bits per heavy atom. The van der Waals surface area contributed by atoms with Gasteiger partial charge in [0.25, 0.3) is 0 Å². The summed E-state index contributed by atoms with van der Waals surface area (Å²) in [7, 11) is 2.84. The molecule has 1 N–H and O–H groups in total. The molecule has 0 aliphatic heterocycles. The van der Waals surface area contributed by atoms with Crippen LogP contribution in [0.1, 0.15) is 30.1 Å². The second kappa shape index (κ2) is 10.8. The monoisotopic (exact) mass is 375 g/mol. The maximum Gasteiger partial charge on any atom is 0.337 e. The lowest BCUT2D eigenvalue weighted by atomic mass is 10.2. The first-order valence-corrected chi connectivity index (χ1v) is 8.75. The smallest absolute Gasteiger partial charge is 0.337 e. The maximum absolute atomic E-state index is 11.6.